The lowest BCUT2D eigenvalue weighted by Crippen LogP contribution is -2.18. The first-order chi connectivity index (χ1) is 8.71. The maximum absolute atomic E-state index is 11.8. The minimum absolute atomic E-state index is 0.126. The molecule has 96 valence electrons. The molecular formula is C14H19N3O. The summed E-state index contributed by atoms with van der Waals surface area (Å²) in [5.74, 6) is 0.834. The second kappa shape index (κ2) is 5.21. The molecule has 0 unspecified atom stereocenters. The lowest BCUT2D eigenvalue weighted by atomic mass is 10.2. The summed E-state index contributed by atoms with van der Waals surface area (Å²) in [5, 5.41) is 2.64. The van der Waals surface area contributed by atoms with Crippen LogP contribution in [0.5, 0.6) is 0 Å². The lowest BCUT2D eigenvalue weighted by molar-refractivity contribution is 0.0960. The van der Waals surface area contributed by atoms with Gasteiger partial charge in [-0.05, 0) is 24.5 Å². The summed E-state index contributed by atoms with van der Waals surface area (Å²) in [7, 11) is 1.63. The fourth-order valence-corrected chi connectivity index (χ4v) is 2.09. The van der Waals surface area contributed by atoms with Gasteiger partial charge in [0.1, 0.15) is 5.82 Å². The standard InChI is InChI=1S/C14H19N3O/c1-4-6-12-16-13(14(18)15-3)11-8-7-10(5-2)9-17(11)12/h7-9H,4-6H2,1-3H3,(H,15,18). The molecule has 18 heavy (non-hydrogen) atoms. The van der Waals surface area contributed by atoms with Gasteiger partial charge in [-0.15, -0.1) is 0 Å². The molecule has 0 aliphatic carbocycles. The highest BCUT2D eigenvalue weighted by Gasteiger charge is 2.15. The van der Waals surface area contributed by atoms with E-state index in [1.807, 2.05) is 10.5 Å². The molecule has 2 aromatic heterocycles. The van der Waals surface area contributed by atoms with Gasteiger partial charge in [-0.25, -0.2) is 4.98 Å². The third-order valence-electron chi connectivity index (χ3n) is 3.10. The maximum Gasteiger partial charge on any atom is 0.271 e. The predicted octanol–water partition coefficient (Wildman–Crippen LogP) is 2.21. The molecular weight excluding hydrogens is 226 g/mol. The number of pyridine rings is 1. The monoisotopic (exact) mass is 245 g/mol. The zero-order valence-electron chi connectivity index (χ0n) is 11.2. The minimum Gasteiger partial charge on any atom is -0.354 e. The van der Waals surface area contributed by atoms with E-state index >= 15 is 0 Å². The molecule has 0 atom stereocenters. The zero-order chi connectivity index (χ0) is 13.1. The van der Waals surface area contributed by atoms with E-state index in [0.29, 0.717) is 5.69 Å². The van der Waals surface area contributed by atoms with Crippen molar-refractivity contribution in [1.82, 2.24) is 14.7 Å². The Kier molecular flexibility index (Phi) is 3.65. The molecule has 4 heteroatoms. The van der Waals surface area contributed by atoms with E-state index in [9.17, 15) is 4.79 Å². The Morgan fingerprint density at radius 3 is 2.78 bits per heavy atom. The number of amides is 1. The first kappa shape index (κ1) is 12.6. The smallest absolute Gasteiger partial charge is 0.271 e. The molecule has 4 nitrogen and oxygen atoms in total. The third kappa shape index (κ3) is 2.10. The van der Waals surface area contributed by atoms with E-state index < -0.39 is 0 Å². The van der Waals surface area contributed by atoms with Crippen LogP contribution in [0.2, 0.25) is 0 Å². The number of rotatable bonds is 4. The summed E-state index contributed by atoms with van der Waals surface area (Å²) >= 11 is 0. The summed E-state index contributed by atoms with van der Waals surface area (Å²) in [6.07, 6.45) is 4.96. The van der Waals surface area contributed by atoms with Gasteiger partial charge in [0.2, 0.25) is 0 Å². The summed E-state index contributed by atoms with van der Waals surface area (Å²) in [6, 6.07) is 4.04. The quantitative estimate of drug-likeness (QED) is 0.897. The third-order valence-corrected chi connectivity index (χ3v) is 3.10. The fraction of sp³-hybridized carbons (Fsp3) is 0.429. The van der Waals surface area contributed by atoms with E-state index in [2.05, 4.69) is 36.4 Å². The topological polar surface area (TPSA) is 46.4 Å². The number of nitrogens with zero attached hydrogens (tertiary/aromatic N) is 2. The minimum atomic E-state index is -0.126. The molecule has 0 radical (unpaired) electrons. The van der Waals surface area contributed by atoms with Crippen molar-refractivity contribution in [3.8, 4) is 0 Å². The van der Waals surface area contributed by atoms with Crippen molar-refractivity contribution in [2.24, 2.45) is 0 Å². The number of carbonyl (C=O) groups excluding carboxylic acids is 1. The fourth-order valence-electron chi connectivity index (χ4n) is 2.09. The normalized spacial score (nSPS) is 10.8. The number of nitrogens with one attached hydrogen (secondary N) is 1. The Labute approximate surface area is 107 Å². The largest absolute Gasteiger partial charge is 0.354 e. The van der Waals surface area contributed by atoms with E-state index in [1.165, 1.54) is 5.56 Å². The Morgan fingerprint density at radius 2 is 2.17 bits per heavy atom. The molecule has 1 amide bonds. The van der Waals surface area contributed by atoms with Crippen LogP contribution in [0.25, 0.3) is 5.52 Å². The van der Waals surface area contributed by atoms with Gasteiger partial charge in [-0.1, -0.05) is 19.9 Å². The number of aryl methyl sites for hydroxylation is 2. The summed E-state index contributed by atoms with van der Waals surface area (Å²) < 4.78 is 2.05. The molecule has 2 aromatic rings. The van der Waals surface area contributed by atoms with Crippen LogP contribution in [0.4, 0.5) is 0 Å². The number of imidazole rings is 1. The van der Waals surface area contributed by atoms with Crippen molar-refractivity contribution in [1.29, 1.82) is 0 Å². The second-order valence-electron chi connectivity index (χ2n) is 4.35. The summed E-state index contributed by atoms with van der Waals surface area (Å²) in [6.45, 7) is 4.24. The number of aromatic nitrogens is 2. The summed E-state index contributed by atoms with van der Waals surface area (Å²) in [4.78, 5) is 16.3. The first-order valence-corrected chi connectivity index (χ1v) is 6.43. The Morgan fingerprint density at radius 1 is 1.39 bits per heavy atom. The van der Waals surface area contributed by atoms with Gasteiger partial charge in [0, 0.05) is 19.7 Å². The zero-order valence-corrected chi connectivity index (χ0v) is 11.2. The van der Waals surface area contributed by atoms with Gasteiger partial charge < -0.3 is 9.72 Å². The van der Waals surface area contributed by atoms with Crippen LogP contribution in [-0.2, 0) is 12.8 Å². The number of hydrogen-bond donors (Lipinski definition) is 1. The van der Waals surface area contributed by atoms with Crippen molar-refractivity contribution < 1.29 is 4.79 Å². The van der Waals surface area contributed by atoms with Crippen LogP contribution in [-0.4, -0.2) is 22.3 Å². The first-order valence-electron chi connectivity index (χ1n) is 6.43. The molecule has 0 saturated carbocycles. The molecule has 0 fully saturated rings. The highest BCUT2D eigenvalue weighted by Crippen LogP contribution is 2.16. The van der Waals surface area contributed by atoms with Crippen LogP contribution in [0.15, 0.2) is 18.3 Å². The highest BCUT2D eigenvalue weighted by molar-refractivity contribution is 5.98. The molecule has 2 rings (SSSR count). The highest BCUT2D eigenvalue weighted by atomic mass is 16.1. The van der Waals surface area contributed by atoms with Gasteiger partial charge in [0.15, 0.2) is 5.69 Å². The second-order valence-corrected chi connectivity index (χ2v) is 4.35. The van der Waals surface area contributed by atoms with Crippen LogP contribution in [0, 0.1) is 0 Å². The number of carbonyl (C=O) groups is 1. The molecule has 0 saturated heterocycles. The predicted molar refractivity (Wildman–Crippen MR) is 72.0 cm³/mol. The molecule has 1 N–H and O–H groups in total. The van der Waals surface area contributed by atoms with Crippen molar-refractivity contribution in [2.75, 3.05) is 7.05 Å². The van der Waals surface area contributed by atoms with Gasteiger partial charge >= 0.3 is 0 Å². The van der Waals surface area contributed by atoms with E-state index in [4.69, 9.17) is 0 Å². The molecule has 0 aliphatic heterocycles. The molecule has 0 bridgehead atoms. The van der Waals surface area contributed by atoms with E-state index in [0.717, 1.165) is 30.6 Å². The average molecular weight is 245 g/mol. The Hall–Kier alpha value is -1.84. The molecule has 0 aromatic carbocycles. The maximum atomic E-state index is 11.8. The molecule has 2 heterocycles. The van der Waals surface area contributed by atoms with Gasteiger partial charge in [0.25, 0.3) is 5.91 Å². The van der Waals surface area contributed by atoms with Crippen molar-refractivity contribution in [3.63, 3.8) is 0 Å². The Bertz CT molecular complexity index is 572. The van der Waals surface area contributed by atoms with Crippen molar-refractivity contribution in [2.45, 2.75) is 33.1 Å². The van der Waals surface area contributed by atoms with Crippen LogP contribution >= 0.6 is 0 Å². The molecule has 0 aliphatic rings. The average Bonchev–Trinajstić information content (AvgIpc) is 2.76. The summed E-state index contributed by atoms with van der Waals surface area (Å²) in [5.41, 5.74) is 2.65. The van der Waals surface area contributed by atoms with Crippen molar-refractivity contribution >= 4 is 11.4 Å². The SMILES string of the molecule is CCCc1nc(C(=O)NC)c2ccc(CC)cn12. The van der Waals surface area contributed by atoms with Crippen molar-refractivity contribution in [3.05, 3.63) is 35.4 Å². The van der Waals surface area contributed by atoms with Gasteiger partial charge in [0.05, 0.1) is 5.52 Å². The van der Waals surface area contributed by atoms with Crippen LogP contribution < -0.4 is 5.32 Å². The number of hydrogen-bond acceptors (Lipinski definition) is 2. The molecule has 0 spiro atoms. The van der Waals surface area contributed by atoms with Gasteiger partial charge in [-0.2, -0.15) is 0 Å². The van der Waals surface area contributed by atoms with E-state index in [1.54, 1.807) is 7.05 Å². The lowest BCUT2D eigenvalue weighted by Gasteiger charge is -2.02. The van der Waals surface area contributed by atoms with Crippen LogP contribution in [0.3, 0.4) is 0 Å². The van der Waals surface area contributed by atoms with E-state index in [-0.39, 0.29) is 5.91 Å². The Balaban J connectivity index is 2.63. The number of fused-ring (bicyclic) bond motifs is 1. The van der Waals surface area contributed by atoms with Gasteiger partial charge in [-0.3, -0.25) is 4.79 Å². The van der Waals surface area contributed by atoms with Crippen LogP contribution in [0.1, 0.15) is 42.1 Å².